The maximum absolute atomic E-state index is 10.0. The fourth-order valence-corrected chi connectivity index (χ4v) is 3.89. The zero-order valence-electron chi connectivity index (χ0n) is 13.0. The Bertz CT molecular complexity index is 448. The molecule has 0 spiro atoms. The Morgan fingerprint density at radius 2 is 2.00 bits per heavy atom. The highest BCUT2D eigenvalue weighted by molar-refractivity contribution is 5.25. The van der Waals surface area contributed by atoms with Gasteiger partial charge < -0.3 is 9.84 Å². The van der Waals surface area contributed by atoms with E-state index < -0.39 is 0 Å². The van der Waals surface area contributed by atoms with Gasteiger partial charge in [0, 0.05) is 24.5 Å². The predicted molar refractivity (Wildman–Crippen MR) is 84.4 cm³/mol. The maximum Gasteiger partial charge on any atom is 0.0730 e. The first-order valence-electron chi connectivity index (χ1n) is 8.25. The van der Waals surface area contributed by atoms with Crippen molar-refractivity contribution in [3.8, 4) is 0 Å². The van der Waals surface area contributed by atoms with Crippen LogP contribution >= 0.6 is 0 Å². The van der Waals surface area contributed by atoms with Crippen molar-refractivity contribution in [1.82, 2.24) is 4.90 Å². The van der Waals surface area contributed by atoms with Crippen LogP contribution in [-0.2, 0) is 10.2 Å². The third kappa shape index (κ3) is 3.15. The largest absolute Gasteiger partial charge is 0.395 e. The van der Waals surface area contributed by atoms with Crippen molar-refractivity contribution in [2.75, 3.05) is 26.3 Å². The smallest absolute Gasteiger partial charge is 0.0730 e. The molecule has 3 heteroatoms. The number of benzene rings is 1. The second-order valence-corrected chi connectivity index (χ2v) is 6.82. The second-order valence-electron chi connectivity index (χ2n) is 6.82. The van der Waals surface area contributed by atoms with Gasteiger partial charge in [0.2, 0.25) is 0 Å². The lowest BCUT2D eigenvalue weighted by molar-refractivity contribution is -0.0951. The molecule has 1 aliphatic heterocycles. The summed E-state index contributed by atoms with van der Waals surface area (Å²) >= 11 is 0. The van der Waals surface area contributed by atoms with Crippen LogP contribution in [0, 0.1) is 0 Å². The van der Waals surface area contributed by atoms with E-state index in [1.807, 2.05) is 6.07 Å². The van der Waals surface area contributed by atoms with E-state index >= 15 is 0 Å². The molecule has 1 aliphatic carbocycles. The molecule has 3 nitrogen and oxygen atoms in total. The Balaban J connectivity index is 1.76. The number of rotatable bonds is 4. The highest BCUT2D eigenvalue weighted by atomic mass is 16.5. The van der Waals surface area contributed by atoms with Crippen LogP contribution in [0.2, 0.25) is 0 Å². The van der Waals surface area contributed by atoms with E-state index in [0.29, 0.717) is 12.1 Å². The van der Waals surface area contributed by atoms with Crippen LogP contribution in [0.5, 0.6) is 0 Å². The van der Waals surface area contributed by atoms with Crippen LogP contribution in [0.25, 0.3) is 0 Å². The SMILES string of the molecule is CC(CO)(CN1CCOC2CCCCC21)c1ccccc1. The molecule has 0 bridgehead atoms. The molecule has 1 aromatic carbocycles. The van der Waals surface area contributed by atoms with Crippen LogP contribution in [0.1, 0.15) is 38.2 Å². The number of nitrogens with zero attached hydrogens (tertiary/aromatic N) is 1. The zero-order chi connectivity index (χ0) is 14.7. The standard InChI is InChI=1S/C18H27NO2/c1-18(14-20,15-7-3-2-4-8-15)13-19-11-12-21-17-10-6-5-9-16(17)19/h2-4,7-8,16-17,20H,5-6,9-14H2,1H3. The summed E-state index contributed by atoms with van der Waals surface area (Å²) in [5, 5.41) is 10.0. The van der Waals surface area contributed by atoms with E-state index in [1.165, 1.54) is 31.2 Å². The molecule has 2 aliphatic rings. The zero-order valence-corrected chi connectivity index (χ0v) is 13.0. The van der Waals surface area contributed by atoms with Gasteiger partial charge >= 0.3 is 0 Å². The molecule has 1 saturated heterocycles. The van der Waals surface area contributed by atoms with Crippen molar-refractivity contribution in [3.05, 3.63) is 35.9 Å². The lowest BCUT2D eigenvalue weighted by Gasteiger charge is -2.47. The van der Waals surface area contributed by atoms with Gasteiger partial charge in [-0.1, -0.05) is 50.1 Å². The minimum absolute atomic E-state index is 0.186. The molecular weight excluding hydrogens is 262 g/mol. The van der Waals surface area contributed by atoms with Gasteiger partial charge in [-0.2, -0.15) is 0 Å². The lowest BCUT2D eigenvalue weighted by atomic mass is 9.81. The minimum atomic E-state index is -0.194. The predicted octanol–water partition coefficient (Wildman–Crippen LogP) is 2.58. The van der Waals surface area contributed by atoms with E-state index in [-0.39, 0.29) is 12.0 Å². The van der Waals surface area contributed by atoms with Crippen molar-refractivity contribution in [1.29, 1.82) is 0 Å². The molecule has 116 valence electrons. The number of hydrogen-bond donors (Lipinski definition) is 1. The summed E-state index contributed by atoms with van der Waals surface area (Å²) in [6.45, 7) is 5.10. The van der Waals surface area contributed by atoms with Gasteiger partial charge in [-0.3, -0.25) is 4.90 Å². The van der Waals surface area contributed by atoms with Crippen molar-refractivity contribution in [2.45, 2.75) is 50.2 Å². The van der Waals surface area contributed by atoms with Crippen LogP contribution in [0.4, 0.5) is 0 Å². The van der Waals surface area contributed by atoms with E-state index in [1.54, 1.807) is 0 Å². The topological polar surface area (TPSA) is 32.7 Å². The molecule has 0 aromatic heterocycles. The highest BCUT2D eigenvalue weighted by Gasteiger charge is 2.38. The van der Waals surface area contributed by atoms with Crippen molar-refractivity contribution < 1.29 is 9.84 Å². The quantitative estimate of drug-likeness (QED) is 0.925. The molecule has 1 saturated carbocycles. The average Bonchev–Trinajstić information content (AvgIpc) is 2.56. The molecule has 1 N–H and O–H groups in total. The Hall–Kier alpha value is -0.900. The summed E-state index contributed by atoms with van der Waals surface area (Å²) in [7, 11) is 0. The number of aliphatic hydroxyl groups excluding tert-OH is 1. The maximum atomic E-state index is 10.0. The Morgan fingerprint density at radius 1 is 1.24 bits per heavy atom. The number of ether oxygens (including phenoxy) is 1. The normalized spacial score (nSPS) is 29.6. The first-order valence-corrected chi connectivity index (χ1v) is 8.25. The van der Waals surface area contributed by atoms with Gasteiger partial charge in [0.25, 0.3) is 0 Å². The molecule has 2 fully saturated rings. The summed E-state index contributed by atoms with van der Waals surface area (Å²) in [6, 6.07) is 11.0. The molecule has 3 atom stereocenters. The summed E-state index contributed by atoms with van der Waals surface area (Å²) in [5.74, 6) is 0. The first kappa shape index (κ1) is 15.0. The summed E-state index contributed by atoms with van der Waals surface area (Å²) in [6.07, 6.45) is 5.45. The van der Waals surface area contributed by atoms with Gasteiger partial charge in [0.05, 0.1) is 19.3 Å². The van der Waals surface area contributed by atoms with Gasteiger partial charge in [0.1, 0.15) is 0 Å². The second kappa shape index (κ2) is 6.47. The van der Waals surface area contributed by atoms with Gasteiger partial charge in [-0.05, 0) is 18.4 Å². The highest BCUT2D eigenvalue weighted by Crippen LogP contribution is 2.32. The Kier molecular flexibility index (Phi) is 4.63. The minimum Gasteiger partial charge on any atom is -0.395 e. The van der Waals surface area contributed by atoms with E-state index in [2.05, 4.69) is 36.1 Å². The number of aliphatic hydroxyl groups is 1. The van der Waals surface area contributed by atoms with Crippen LogP contribution in [0.15, 0.2) is 30.3 Å². The molecule has 3 unspecified atom stereocenters. The fourth-order valence-electron chi connectivity index (χ4n) is 3.89. The van der Waals surface area contributed by atoms with E-state index in [0.717, 1.165) is 19.7 Å². The summed E-state index contributed by atoms with van der Waals surface area (Å²) in [5.41, 5.74) is 1.03. The first-order chi connectivity index (χ1) is 10.2. The monoisotopic (exact) mass is 289 g/mol. The molecule has 1 aromatic rings. The van der Waals surface area contributed by atoms with Crippen molar-refractivity contribution >= 4 is 0 Å². The average molecular weight is 289 g/mol. The van der Waals surface area contributed by atoms with Crippen LogP contribution in [0.3, 0.4) is 0 Å². The third-order valence-electron chi connectivity index (χ3n) is 5.22. The van der Waals surface area contributed by atoms with Crippen LogP contribution in [-0.4, -0.2) is 48.5 Å². The van der Waals surface area contributed by atoms with Crippen molar-refractivity contribution in [3.63, 3.8) is 0 Å². The van der Waals surface area contributed by atoms with Crippen LogP contribution < -0.4 is 0 Å². The molecule has 21 heavy (non-hydrogen) atoms. The number of fused-ring (bicyclic) bond motifs is 1. The van der Waals surface area contributed by atoms with Crippen molar-refractivity contribution in [2.24, 2.45) is 0 Å². The number of morpholine rings is 1. The summed E-state index contributed by atoms with van der Waals surface area (Å²) < 4.78 is 5.96. The van der Waals surface area contributed by atoms with E-state index in [9.17, 15) is 5.11 Å². The van der Waals surface area contributed by atoms with Gasteiger partial charge in [0.15, 0.2) is 0 Å². The van der Waals surface area contributed by atoms with Gasteiger partial charge in [-0.15, -0.1) is 0 Å². The Morgan fingerprint density at radius 3 is 2.76 bits per heavy atom. The fraction of sp³-hybridized carbons (Fsp3) is 0.667. The molecule has 3 rings (SSSR count). The van der Waals surface area contributed by atoms with Gasteiger partial charge in [-0.25, -0.2) is 0 Å². The molecular formula is C18H27NO2. The summed E-state index contributed by atoms with van der Waals surface area (Å²) in [4.78, 5) is 2.57. The third-order valence-corrected chi connectivity index (χ3v) is 5.22. The molecule has 0 radical (unpaired) electrons. The number of hydrogen-bond acceptors (Lipinski definition) is 3. The molecule has 0 amide bonds. The molecule has 1 heterocycles. The van der Waals surface area contributed by atoms with E-state index in [4.69, 9.17) is 4.74 Å². The Labute approximate surface area is 127 Å². The lowest BCUT2D eigenvalue weighted by Crippen LogP contribution is -2.56.